The Bertz CT molecular complexity index is 362. The van der Waals surface area contributed by atoms with Crippen molar-refractivity contribution in [2.75, 3.05) is 19.0 Å². The van der Waals surface area contributed by atoms with E-state index in [1.807, 2.05) is 0 Å². The molecule has 2 atom stereocenters. The second-order valence-electron chi connectivity index (χ2n) is 5.27. The van der Waals surface area contributed by atoms with Crippen molar-refractivity contribution < 1.29 is 5.11 Å². The summed E-state index contributed by atoms with van der Waals surface area (Å²) < 4.78 is 0. The van der Waals surface area contributed by atoms with Gasteiger partial charge in [-0.2, -0.15) is 0 Å². The third-order valence-corrected chi connectivity index (χ3v) is 3.80. The predicted octanol–water partition coefficient (Wildman–Crippen LogP) is 3.16. The summed E-state index contributed by atoms with van der Waals surface area (Å²) in [7, 11) is 4.14. The van der Waals surface area contributed by atoms with E-state index >= 15 is 0 Å². The highest BCUT2D eigenvalue weighted by molar-refractivity contribution is 5.54. The van der Waals surface area contributed by atoms with E-state index in [4.69, 9.17) is 0 Å². The molecule has 2 nitrogen and oxygen atoms in total. The number of aliphatic hydroxyl groups excluding tert-OH is 1. The Balaban J connectivity index is 2.30. The number of hydrogen-bond acceptors (Lipinski definition) is 2. The van der Waals surface area contributed by atoms with Crippen molar-refractivity contribution in [1.82, 2.24) is 0 Å². The summed E-state index contributed by atoms with van der Waals surface area (Å²) >= 11 is 0. The normalized spacial score (nSPS) is 25.4. The lowest BCUT2D eigenvalue weighted by molar-refractivity contribution is 0.135. The molecular formula is C15H23NO. The summed E-state index contributed by atoms with van der Waals surface area (Å²) in [6.07, 6.45) is 5.57. The van der Waals surface area contributed by atoms with Crippen molar-refractivity contribution in [2.45, 2.75) is 44.1 Å². The molecule has 0 amide bonds. The molecule has 1 fully saturated rings. The van der Waals surface area contributed by atoms with Gasteiger partial charge in [0.05, 0.1) is 6.10 Å². The Morgan fingerprint density at radius 2 is 1.76 bits per heavy atom. The van der Waals surface area contributed by atoms with Crippen molar-refractivity contribution in [1.29, 1.82) is 0 Å². The summed E-state index contributed by atoms with van der Waals surface area (Å²) in [5.74, 6) is 0.316. The Kier molecular flexibility index (Phi) is 4.06. The van der Waals surface area contributed by atoms with Gasteiger partial charge in [0.15, 0.2) is 0 Å². The molecule has 1 aromatic carbocycles. The monoisotopic (exact) mass is 233 g/mol. The first-order valence-corrected chi connectivity index (χ1v) is 6.64. The van der Waals surface area contributed by atoms with Crippen LogP contribution in [0.4, 0.5) is 5.69 Å². The zero-order valence-electron chi connectivity index (χ0n) is 10.9. The third kappa shape index (κ3) is 2.81. The molecule has 0 heterocycles. The number of benzene rings is 1. The molecule has 0 bridgehead atoms. The fraction of sp³-hybridized carbons (Fsp3) is 0.600. The number of anilines is 1. The van der Waals surface area contributed by atoms with Crippen LogP contribution in [0.1, 0.15) is 43.6 Å². The SMILES string of the molecule is CN(C)c1ccccc1[C@H]1CCCCC[C@H]1O. The smallest absolute Gasteiger partial charge is 0.0609 e. The minimum Gasteiger partial charge on any atom is -0.392 e. The minimum absolute atomic E-state index is 0.168. The van der Waals surface area contributed by atoms with Gasteiger partial charge in [0.1, 0.15) is 0 Å². The van der Waals surface area contributed by atoms with Gasteiger partial charge in [-0.3, -0.25) is 0 Å². The molecule has 0 unspecified atom stereocenters. The van der Waals surface area contributed by atoms with Crippen LogP contribution >= 0.6 is 0 Å². The summed E-state index contributed by atoms with van der Waals surface area (Å²) in [5, 5.41) is 10.3. The molecule has 0 spiro atoms. The first-order chi connectivity index (χ1) is 8.20. The lowest BCUT2D eigenvalue weighted by atomic mass is 9.88. The highest BCUT2D eigenvalue weighted by Gasteiger charge is 2.25. The van der Waals surface area contributed by atoms with Crippen LogP contribution in [0.15, 0.2) is 24.3 Å². The number of hydrogen-bond donors (Lipinski definition) is 1. The molecule has 0 saturated heterocycles. The number of aliphatic hydroxyl groups is 1. The highest BCUT2D eigenvalue weighted by atomic mass is 16.3. The molecule has 17 heavy (non-hydrogen) atoms. The molecule has 1 saturated carbocycles. The van der Waals surface area contributed by atoms with Crippen LogP contribution in [-0.4, -0.2) is 25.3 Å². The van der Waals surface area contributed by atoms with Crippen LogP contribution in [0.25, 0.3) is 0 Å². The second kappa shape index (κ2) is 5.54. The van der Waals surface area contributed by atoms with Crippen LogP contribution in [-0.2, 0) is 0 Å². The van der Waals surface area contributed by atoms with E-state index in [9.17, 15) is 5.11 Å². The Labute approximate surface area is 104 Å². The van der Waals surface area contributed by atoms with Gasteiger partial charge in [0, 0.05) is 25.7 Å². The quantitative estimate of drug-likeness (QED) is 0.793. The van der Waals surface area contributed by atoms with Crippen molar-refractivity contribution >= 4 is 5.69 Å². The molecule has 1 aliphatic rings. The Morgan fingerprint density at radius 1 is 1.06 bits per heavy atom. The number of rotatable bonds is 2. The number of para-hydroxylation sites is 1. The van der Waals surface area contributed by atoms with E-state index in [0.29, 0.717) is 5.92 Å². The predicted molar refractivity (Wildman–Crippen MR) is 72.6 cm³/mol. The lowest BCUT2D eigenvalue weighted by Gasteiger charge is -2.26. The van der Waals surface area contributed by atoms with Gasteiger partial charge in [-0.05, 0) is 24.5 Å². The second-order valence-corrected chi connectivity index (χ2v) is 5.27. The molecule has 94 valence electrons. The standard InChI is InChI=1S/C15H23NO/c1-16(2)14-10-7-6-8-12(14)13-9-4-3-5-11-15(13)17/h6-8,10,13,15,17H,3-5,9,11H2,1-2H3/t13-,15-/m1/s1. The summed E-state index contributed by atoms with van der Waals surface area (Å²) in [6.45, 7) is 0. The van der Waals surface area contributed by atoms with Crippen LogP contribution in [0, 0.1) is 0 Å². The van der Waals surface area contributed by atoms with Crippen LogP contribution in [0.2, 0.25) is 0 Å². The molecule has 0 aliphatic heterocycles. The fourth-order valence-corrected chi connectivity index (χ4v) is 2.86. The first kappa shape index (κ1) is 12.4. The molecule has 1 N–H and O–H groups in total. The Morgan fingerprint density at radius 3 is 2.53 bits per heavy atom. The number of nitrogens with zero attached hydrogens (tertiary/aromatic N) is 1. The maximum atomic E-state index is 10.3. The molecule has 1 aromatic rings. The van der Waals surface area contributed by atoms with Gasteiger partial charge in [-0.25, -0.2) is 0 Å². The van der Waals surface area contributed by atoms with Crippen LogP contribution < -0.4 is 4.90 Å². The molecule has 1 aliphatic carbocycles. The van der Waals surface area contributed by atoms with Gasteiger partial charge in [-0.1, -0.05) is 37.5 Å². The zero-order chi connectivity index (χ0) is 12.3. The first-order valence-electron chi connectivity index (χ1n) is 6.64. The maximum Gasteiger partial charge on any atom is 0.0609 e. The topological polar surface area (TPSA) is 23.5 Å². The van der Waals surface area contributed by atoms with E-state index in [-0.39, 0.29) is 6.10 Å². The van der Waals surface area contributed by atoms with Crippen molar-refractivity contribution in [2.24, 2.45) is 0 Å². The average molecular weight is 233 g/mol. The van der Waals surface area contributed by atoms with E-state index in [2.05, 4.69) is 43.3 Å². The molecule has 2 rings (SSSR count). The van der Waals surface area contributed by atoms with Crippen LogP contribution in [0.3, 0.4) is 0 Å². The van der Waals surface area contributed by atoms with E-state index in [1.165, 1.54) is 30.5 Å². The fourth-order valence-electron chi connectivity index (χ4n) is 2.86. The maximum absolute atomic E-state index is 10.3. The average Bonchev–Trinajstić information content (AvgIpc) is 2.54. The van der Waals surface area contributed by atoms with Gasteiger partial charge in [-0.15, -0.1) is 0 Å². The van der Waals surface area contributed by atoms with Crippen LogP contribution in [0.5, 0.6) is 0 Å². The summed E-state index contributed by atoms with van der Waals surface area (Å²) in [5.41, 5.74) is 2.56. The van der Waals surface area contributed by atoms with Crippen molar-refractivity contribution in [3.63, 3.8) is 0 Å². The van der Waals surface area contributed by atoms with Gasteiger partial charge in [0.25, 0.3) is 0 Å². The van der Waals surface area contributed by atoms with Gasteiger partial charge in [0.2, 0.25) is 0 Å². The minimum atomic E-state index is -0.168. The van der Waals surface area contributed by atoms with Crippen molar-refractivity contribution in [3.05, 3.63) is 29.8 Å². The van der Waals surface area contributed by atoms with Crippen molar-refractivity contribution in [3.8, 4) is 0 Å². The Hall–Kier alpha value is -1.02. The summed E-state index contributed by atoms with van der Waals surface area (Å²) in [6, 6.07) is 8.48. The van der Waals surface area contributed by atoms with E-state index in [1.54, 1.807) is 0 Å². The molecule has 2 heteroatoms. The molecule has 0 aromatic heterocycles. The molecular weight excluding hydrogens is 210 g/mol. The third-order valence-electron chi connectivity index (χ3n) is 3.80. The highest BCUT2D eigenvalue weighted by Crippen LogP contribution is 2.36. The lowest BCUT2D eigenvalue weighted by Crippen LogP contribution is -2.20. The van der Waals surface area contributed by atoms with Gasteiger partial charge < -0.3 is 10.0 Å². The van der Waals surface area contributed by atoms with Gasteiger partial charge >= 0.3 is 0 Å². The zero-order valence-corrected chi connectivity index (χ0v) is 10.9. The van der Waals surface area contributed by atoms with E-state index in [0.717, 1.165) is 12.8 Å². The summed E-state index contributed by atoms with van der Waals surface area (Å²) in [4.78, 5) is 2.15. The molecule has 0 radical (unpaired) electrons. The largest absolute Gasteiger partial charge is 0.392 e. The van der Waals surface area contributed by atoms with E-state index < -0.39 is 0 Å².